The molecule has 0 fully saturated rings. The summed E-state index contributed by atoms with van der Waals surface area (Å²) in [4.78, 5) is 10.7. The lowest BCUT2D eigenvalue weighted by Gasteiger charge is -2.18. The maximum atomic E-state index is 13.0. The lowest BCUT2D eigenvalue weighted by molar-refractivity contribution is -0.139. The Labute approximate surface area is 91.8 Å². The zero-order valence-corrected chi connectivity index (χ0v) is 8.68. The smallest absolute Gasteiger partial charge is 0.322 e. The molecule has 2 atom stereocenters. The Kier molecular flexibility index (Phi) is 3.81. The van der Waals surface area contributed by atoms with Crippen LogP contribution in [-0.4, -0.2) is 24.2 Å². The Morgan fingerprint density at radius 3 is 2.62 bits per heavy atom. The summed E-state index contributed by atoms with van der Waals surface area (Å²) in [6, 6.07) is 1.35. The zero-order valence-electron chi connectivity index (χ0n) is 8.68. The molecule has 0 bridgehead atoms. The molecule has 2 unspecified atom stereocenters. The van der Waals surface area contributed by atoms with Crippen molar-refractivity contribution in [1.29, 1.82) is 0 Å². The molecule has 6 heteroatoms. The van der Waals surface area contributed by atoms with Gasteiger partial charge in [0.15, 0.2) is 0 Å². The predicted molar refractivity (Wildman–Crippen MR) is 55.5 cm³/mol. The molecule has 0 radical (unpaired) electrons. The standard InChI is InChI=1S/C10H13FN2O3/c1-16-7-3-2-5(11)4-6(7)8(12)9(13)10(14)15/h2-4,8-9H,12-13H2,1H3,(H,14,15). The lowest BCUT2D eigenvalue weighted by atomic mass is 10.00. The highest BCUT2D eigenvalue weighted by atomic mass is 19.1. The molecule has 0 saturated carbocycles. The highest BCUT2D eigenvalue weighted by Crippen LogP contribution is 2.26. The van der Waals surface area contributed by atoms with Gasteiger partial charge in [-0.2, -0.15) is 0 Å². The summed E-state index contributed by atoms with van der Waals surface area (Å²) in [6.07, 6.45) is 0. The van der Waals surface area contributed by atoms with E-state index in [-0.39, 0.29) is 5.56 Å². The summed E-state index contributed by atoms with van der Waals surface area (Å²) >= 11 is 0. The van der Waals surface area contributed by atoms with Gasteiger partial charge in [-0.25, -0.2) is 4.39 Å². The summed E-state index contributed by atoms with van der Waals surface area (Å²) in [5, 5.41) is 8.71. The third kappa shape index (κ3) is 2.47. The molecule has 0 amide bonds. The van der Waals surface area contributed by atoms with E-state index in [4.69, 9.17) is 21.3 Å². The number of hydrogen-bond donors (Lipinski definition) is 3. The number of aliphatic carboxylic acids is 1. The van der Waals surface area contributed by atoms with Crippen molar-refractivity contribution in [3.8, 4) is 5.75 Å². The first-order valence-corrected chi connectivity index (χ1v) is 4.54. The van der Waals surface area contributed by atoms with Gasteiger partial charge in [0, 0.05) is 5.56 Å². The van der Waals surface area contributed by atoms with E-state index < -0.39 is 23.9 Å². The molecule has 0 saturated heterocycles. The van der Waals surface area contributed by atoms with Gasteiger partial charge < -0.3 is 21.3 Å². The van der Waals surface area contributed by atoms with Crippen LogP contribution in [0.3, 0.4) is 0 Å². The van der Waals surface area contributed by atoms with Crippen LogP contribution in [0.15, 0.2) is 18.2 Å². The van der Waals surface area contributed by atoms with Gasteiger partial charge in [-0.1, -0.05) is 0 Å². The maximum absolute atomic E-state index is 13.0. The molecule has 1 rings (SSSR count). The first kappa shape index (κ1) is 12.4. The van der Waals surface area contributed by atoms with Crippen LogP contribution in [0, 0.1) is 5.82 Å². The number of hydrogen-bond acceptors (Lipinski definition) is 4. The third-order valence-electron chi connectivity index (χ3n) is 2.22. The molecule has 88 valence electrons. The van der Waals surface area contributed by atoms with Gasteiger partial charge in [0.05, 0.1) is 13.2 Å². The van der Waals surface area contributed by atoms with Gasteiger partial charge in [0.2, 0.25) is 0 Å². The van der Waals surface area contributed by atoms with Gasteiger partial charge in [-0.15, -0.1) is 0 Å². The SMILES string of the molecule is COc1ccc(F)cc1C(N)C(N)C(=O)O. The van der Waals surface area contributed by atoms with Crippen LogP contribution < -0.4 is 16.2 Å². The topological polar surface area (TPSA) is 98.6 Å². The molecule has 0 aliphatic carbocycles. The van der Waals surface area contributed by atoms with Crippen molar-refractivity contribution in [2.75, 3.05) is 7.11 Å². The summed E-state index contributed by atoms with van der Waals surface area (Å²) in [6.45, 7) is 0. The van der Waals surface area contributed by atoms with E-state index in [1.165, 1.54) is 19.2 Å². The van der Waals surface area contributed by atoms with Crippen molar-refractivity contribution in [2.24, 2.45) is 11.5 Å². The predicted octanol–water partition coefficient (Wildman–Crippen LogP) is 0.246. The van der Waals surface area contributed by atoms with Crippen molar-refractivity contribution in [1.82, 2.24) is 0 Å². The van der Waals surface area contributed by atoms with Crippen LogP contribution in [0.4, 0.5) is 4.39 Å². The van der Waals surface area contributed by atoms with E-state index in [1.807, 2.05) is 0 Å². The molecule has 0 heterocycles. The van der Waals surface area contributed by atoms with Gasteiger partial charge in [0.1, 0.15) is 17.6 Å². The average Bonchev–Trinajstić information content (AvgIpc) is 2.26. The first-order valence-electron chi connectivity index (χ1n) is 4.54. The van der Waals surface area contributed by atoms with Crippen LogP contribution in [0.25, 0.3) is 0 Å². The summed E-state index contributed by atoms with van der Waals surface area (Å²) < 4.78 is 18.0. The van der Waals surface area contributed by atoms with Gasteiger partial charge in [0.25, 0.3) is 0 Å². The van der Waals surface area contributed by atoms with Crippen LogP contribution in [0.5, 0.6) is 5.75 Å². The highest BCUT2D eigenvalue weighted by Gasteiger charge is 2.25. The molecule has 5 N–H and O–H groups in total. The van der Waals surface area contributed by atoms with E-state index in [2.05, 4.69) is 0 Å². The van der Waals surface area contributed by atoms with E-state index in [0.29, 0.717) is 5.75 Å². The minimum Gasteiger partial charge on any atom is -0.496 e. The van der Waals surface area contributed by atoms with Gasteiger partial charge >= 0.3 is 5.97 Å². The number of benzene rings is 1. The summed E-state index contributed by atoms with van der Waals surface area (Å²) in [7, 11) is 1.38. The van der Waals surface area contributed by atoms with Crippen LogP contribution in [-0.2, 0) is 4.79 Å². The number of carboxylic acid groups (broad SMARTS) is 1. The molecule has 1 aromatic carbocycles. The number of methoxy groups -OCH3 is 1. The molecule has 16 heavy (non-hydrogen) atoms. The maximum Gasteiger partial charge on any atom is 0.322 e. The quantitative estimate of drug-likeness (QED) is 0.686. The first-order chi connectivity index (χ1) is 7.47. The number of rotatable bonds is 4. The van der Waals surface area contributed by atoms with Crippen molar-refractivity contribution < 1.29 is 19.0 Å². The number of nitrogens with two attached hydrogens (primary N) is 2. The fraction of sp³-hybridized carbons (Fsp3) is 0.300. The minimum absolute atomic E-state index is 0.234. The fourth-order valence-corrected chi connectivity index (χ4v) is 1.31. The van der Waals surface area contributed by atoms with Crippen LogP contribution in [0.2, 0.25) is 0 Å². The van der Waals surface area contributed by atoms with Crippen molar-refractivity contribution in [3.05, 3.63) is 29.6 Å². The fourth-order valence-electron chi connectivity index (χ4n) is 1.31. The average molecular weight is 228 g/mol. The number of carbonyl (C=O) groups is 1. The molecular weight excluding hydrogens is 215 g/mol. The molecule has 5 nitrogen and oxygen atoms in total. The van der Waals surface area contributed by atoms with E-state index in [0.717, 1.165) is 6.07 Å². The second-order valence-electron chi connectivity index (χ2n) is 3.28. The van der Waals surface area contributed by atoms with Crippen molar-refractivity contribution >= 4 is 5.97 Å². The molecule has 0 aromatic heterocycles. The Balaban J connectivity index is 3.10. The Hall–Kier alpha value is -1.66. The molecule has 1 aromatic rings. The summed E-state index contributed by atoms with van der Waals surface area (Å²) in [5.74, 6) is -1.46. The Morgan fingerprint density at radius 1 is 1.50 bits per heavy atom. The van der Waals surface area contributed by atoms with E-state index >= 15 is 0 Å². The molecule has 0 aliphatic rings. The second-order valence-corrected chi connectivity index (χ2v) is 3.28. The largest absolute Gasteiger partial charge is 0.496 e. The molecule has 0 aliphatic heterocycles. The van der Waals surface area contributed by atoms with Gasteiger partial charge in [-0.3, -0.25) is 4.79 Å². The lowest BCUT2D eigenvalue weighted by Crippen LogP contribution is -2.41. The normalized spacial score (nSPS) is 14.2. The number of halogens is 1. The summed E-state index contributed by atoms with van der Waals surface area (Å²) in [5.41, 5.74) is 11.2. The number of carboxylic acids is 1. The second kappa shape index (κ2) is 4.91. The Morgan fingerprint density at radius 2 is 2.12 bits per heavy atom. The third-order valence-corrected chi connectivity index (χ3v) is 2.22. The monoisotopic (exact) mass is 228 g/mol. The minimum atomic E-state index is -1.31. The highest BCUT2D eigenvalue weighted by molar-refractivity contribution is 5.74. The number of ether oxygens (including phenoxy) is 1. The molecule has 0 spiro atoms. The van der Waals surface area contributed by atoms with E-state index in [9.17, 15) is 9.18 Å². The van der Waals surface area contributed by atoms with Crippen molar-refractivity contribution in [3.63, 3.8) is 0 Å². The van der Waals surface area contributed by atoms with E-state index in [1.54, 1.807) is 0 Å². The zero-order chi connectivity index (χ0) is 12.3. The van der Waals surface area contributed by atoms with Gasteiger partial charge in [-0.05, 0) is 18.2 Å². The van der Waals surface area contributed by atoms with Crippen molar-refractivity contribution in [2.45, 2.75) is 12.1 Å². The Bertz CT molecular complexity index is 398. The van der Waals surface area contributed by atoms with Crippen LogP contribution in [0.1, 0.15) is 11.6 Å². The molecular formula is C10H13FN2O3. The van der Waals surface area contributed by atoms with Crippen LogP contribution >= 0.6 is 0 Å².